The van der Waals surface area contributed by atoms with Gasteiger partial charge in [0.25, 0.3) is 0 Å². The van der Waals surface area contributed by atoms with Crippen LogP contribution in [0.1, 0.15) is 38.8 Å². The van der Waals surface area contributed by atoms with E-state index in [1.54, 1.807) is 13.1 Å². The number of ether oxygens (including phenoxy) is 1. The molecule has 0 saturated heterocycles. The Balaban J connectivity index is 2.16. The van der Waals surface area contributed by atoms with Gasteiger partial charge in [-0.1, -0.05) is 19.8 Å². The Morgan fingerprint density at radius 1 is 1.38 bits per heavy atom. The number of carbonyl (C=O) groups is 1. The number of rotatable bonds is 8. The van der Waals surface area contributed by atoms with Gasteiger partial charge >= 0.3 is 5.97 Å². The summed E-state index contributed by atoms with van der Waals surface area (Å²) in [7, 11) is 0. The highest BCUT2D eigenvalue weighted by Gasteiger charge is 2.13. The molecule has 0 aliphatic heterocycles. The first-order valence-corrected chi connectivity index (χ1v) is 7.47. The van der Waals surface area contributed by atoms with Gasteiger partial charge in [0.15, 0.2) is 0 Å². The average Bonchev–Trinajstić information content (AvgIpc) is 2.83. The maximum Gasteiger partial charge on any atom is 0.325 e. The van der Waals surface area contributed by atoms with Gasteiger partial charge in [-0.25, -0.2) is 9.97 Å². The summed E-state index contributed by atoms with van der Waals surface area (Å²) in [4.78, 5) is 20.3. The number of nitrogens with zero attached hydrogens (tertiary/aromatic N) is 3. The smallest absolute Gasteiger partial charge is 0.325 e. The number of imidazole rings is 1. The van der Waals surface area contributed by atoms with Crippen molar-refractivity contribution in [2.24, 2.45) is 0 Å². The molecule has 6 heteroatoms. The van der Waals surface area contributed by atoms with Crippen molar-refractivity contribution in [1.29, 1.82) is 0 Å². The van der Waals surface area contributed by atoms with Crippen LogP contribution in [-0.4, -0.2) is 33.5 Å². The number of hydrogen-bond donors (Lipinski definition) is 1. The second kappa shape index (κ2) is 7.61. The van der Waals surface area contributed by atoms with Crippen molar-refractivity contribution in [3.63, 3.8) is 0 Å². The molecule has 2 rings (SSSR count). The van der Waals surface area contributed by atoms with Crippen LogP contribution >= 0.6 is 0 Å². The molecule has 0 radical (unpaired) electrons. The van der Waals surface area contributed by atoms with Crippen molar-refractivity contribution in [3.8, 4) is 0 Å². The first-order chi connectivity index (χ1) is 10.3. The van der Waals surface area contributed by atoms with Crippen LogP contribution in [0.2, 0.25) is 0 Å². The van der Waals surface area contributed by atoms with E-state index in [0.717, 1.165) is 30.8 Å². The van der Waals surface area contributed by atoms with E-state index in [4.69, 9.17) is 4.74 Å². The zero-order chi connectivity index (χ0) is 15.1. The Hall–Kier alpha value is -2.11. The lowest BCUT2D eigenvalue weighted by Gasteiger charge is -2.08. The van der Waals surface area contributed by atoms with Gasteiger partial charge in [-0.3, -0.25) is 9.20 Å². The molecule has 0 unspecified atom stereocenters. The number of aromatic nitrogens is 3. The van der Waals surface area contributed by atoms with E-state index in [0.29, 0.717) is 12.4 Å². The molecule has 0 saturated carbocycles. The third kappa shape index (κ3) is 3.93. The summed E-state index contributed by atoms with van der Waals surface area (Å²) in [6.45, 7) is 4.49. The molecule has 0 bridgehead atoms. The van der Waals surface area contributed by atoms with Crippen LogP contribution in [0.15, 0.2) is 18.5 Å². The molecular formula is C15H22N4O2. The highest BCUT2D eigenvalue weighted by Crippen LogP contribution is 2.19. The molecule has 0 fully saturated rings. The van der Waals surface area contributed by atoms with Crippen LogP contribution in [0.4, 0.5) is 5.82 Å². The Bertz CT molecular complexity index is 594. The van der Waals surface area contributed by atoms with Crippen LogP contribution in [-0.2, 0) is 16.0 Å². The fourth-order valence-corrected chi connectivity index (χ4v) is 2.20. The lowest BCUT2D eigenvalue weighted by atomic mass is 10.1. The Kier molecular flexibility index (Phi) is 5.54. The molecule has 0 aromatic carbocycles. The molecule has 0 amide bonds. The first kappa shape index (κ1) is 15.3. The highest BCUT2D eigenvalue weighted by atomic mass is 16.5. The Morgan fingerprint density at radius 3 is 3.00 bits per heavy atom. The summed E-state index contributed by atoms with van der Waals surface area (Å²) in [5.41, 5.74) is 0.950. The van der Waals surface area contributed by atoms with Crippen molar-refractivity contribution in [1.82, 2.24) is 14.4 Å². The number of unbranched alkanes of at least 4 members (excludes halogenated alkanes) is 2. The van der Waals surface area contributed by atoms with E-state index in [1.165, 1.54) is 6.42 Å². The molecule has 6 nitrogen and oxygen atoms in total. The lowest BCUT2D eigenvalue weighted by molar-refractivity contribution is -0.140. The Labute approximate surface area is 124 Å². The topological polar surface area (TPSA) is 68.5 Å². The molecule has 2 aromatic heterocycles. The summed E-state index contributed by atoms with van der Waals surface area (Å²) >= 11 is 0. The van der Waals surface area contributed by atoms with Crippen LogP contribution in [0.5, 0.6) is 0 Å². The number of aryl methyl sites for hydroxylation is 1. The van der Waals surface area contributed by atoms with Crippen molar-refractivity contribution in [2.75, 3.05) is 18.5 Å². The second-order valence-corrected chi connectivity index (χ2v) is 4.81. The predicted octanol–water partition coefficient (Wildman–Crippen LogP) is 2.44. The zero-order valence-electron chi connectivity index (χ0n) is 12.6. The van der Waals surface area contributed by atoms with Crippen LogP contribution in [0, 0.1) is 0 Å². The van der Waals surface area contributed by atoms with E-state index in [9.17, 15) is 4.79 Å². The molecule has 0 aliphatic carbocycles. The molecule has 114 valence electrons. The van der Waals surface area contributed by atoms with Gasteiger partial charge in [-0.2, -0.15) is 0 Å². The van der Waals surface area contributed by atoms with E-state index in [-0.39, 0.29) is 12.5 Å². The minimum Gasteiger partial charge on any atom is -0.465 e. The maximum absolute atomic E-state index is 11.5. The average molecular weight is 290 g/mol. The van der Waals surface area contributed by atoms with Crippen LogP contribution < -0.4 is 5.32 Å². The summed E-state index contributed by atoms with van der Waals surface area (Å²) < 4.78 is 6.82. The van der Waals surface area contributed by atoms with Gasteiger partial charge in [0, 0.05) is 12.4 Å². The van der Waals surface area contributed by atoms with Gasteiger partial charge in [-0.15, -0.1) is 0 Å². The number of carbonyl (C=O) groups excluding carboxylic acids is 1. The number of esters is 1. The summed E-state index contributed by atoms with van der Waals surface area (Å²) in [6.07, 6.45) is 7.89. The Morgan fingerprint density at radius 2 is 2.24 bits per heavy atom. The van der Waals surface area contributed by atoms with Crippen LogP contribution in [0.3, 0.4) is 0 Å². The highest BCUT2D eigenvalue weighted by molar-refractivity contribution is 5.75. The third-order valence-electron chi connectivity index (χ3n) is 3.20. The molecule has 2 aromatic rings. The second-order valence-electron chi connectivity index (χ2n) is 4.81. The minimum absolute atomic E-state index is 0.136. The number of anilines is 1. The molecule has 0 atom stereocenters. The van der Waals surface area contributed by atoms with Gasteiger partial charge in [0.05, 0.1) is 12.3 Å². The first-order valence-electron chi connectivity index (χ1n) is 7.47. The normalized spacial score (nSPS) is 10.8. The third-order valence-corrected chi connectivity index (χ3v) is 3.20. The standard InChI is InChI=1S/C15H22N4O2/c1-3-5-6-8-12-14(17-11-13(20)21-4-2)19-10-7-9-16-15(19)18-12/h7,9-10,17H,3-6,8,11H2,1-2H3. The van der Waals surface area contributed by atoms with Crippen molar-refractivity contribution >= 4 is 17.6 Å². The van der Waals surface area contributed by atoms with E-state index in [2.05, 4.69) is 22.2 Å². The summed E-state index contributed by atoms with van der Waals surface area (Å²) in [6, 6.07) is 1.85. The van der Waals surface area contributed by atoms with E-state index in [1.807, 2.05) is 16.7 Å². The maximum atomic E-state index is 11.5. The monoisotopic (exact) mass is 290 g/mol. The minimum atomic E-state index is -0.268. The van der Waals surface area contributed by atoms with Crippen molar-refractivity contribution in [2.45, 2.75) is 39.5 Å². The van der Waals surface area contributed by atoms with Crippen molar-refractivity contribution < 1.29 is 9.53 Å². The molecule has 0 aliphatic rings. The van der Waals surface area contributed by atoms with Gasteiger partial charge < -0.3 is 10.1 Å². The lowest BCUT2D eigenvalue weighted by Crippen LogP contribution is -2.18. The van der Waals surface area contributed by atoms with Crippen LogP contribution in [0.25, 0.3) is 5.78 Å². The quantitative estimate of drug-likeness (QED) is 0.597. The summed E-state index contributed by atoms with van der Waals surface area (Å²) in [5.74, 6) is 1.22. The van der Waals surface area contributed by atoms with Crippen molar-refractivity contribution in [3.05, 3.63) is 24.2 Å². The van der Waals surface area contributed by atoms with E-state index >= 15 is 0 Å². The van der Waals surface area contributed by atoms with E-state index < -0.39 is 0 Å². The number of fused-ring (bicyclic) bond motifs is 1. The molecular weight excluding hydrogens is 268 g/mol. The van der Waals surface area contributed by atoms with Gasteiger partial charge in [0.1, 0.15) is 12.4 Å². The predicted molar refractivity (Wildman–Crippen MR) is 81.3 cm³/mol. The molecule has 2 heterocycles. The number of hydrogen-bond acceptors (Lipinski definition) is 5. The fourth-order valence-electron chi connectivity index (χ4n) is 2.20. The van der Waals surface area contributed by atoms with Gasteiger partial charge in [0.2, 0.25) is 5.78 Å². The SMILES string of the molecule is CCCCCc1nc2ncccn2c1NCC(=O)OCC. The molecule has 21 heavy (non-hydrogen) atoms. The largest absolute Gasteiger partial charge is 0.465 e. The number of nitrogens with one attached hydrogen (secondary N) is 1. The molecule has 1 N–H and O–H groups in total. The van der Waals surface area contributed by atoms with Gasteiger partial charge in [-0.05, 0) is 25.8 Å². The zero-order valence-corrected chi connectivity index (χ0v) is 12.6. The summed E-state index contributed by atoms with van der Waals surface area (Å²) in [5, 5.41) is 3.13. The fraction of sp³-hybridized carbons (Fsp3) is 0.533. The molecule has 0 spiro atoms.